The van der Waals surface area contributed by atoms with Gasteiger partial charge in [0.2, 0.25) is 0 Å². The van der Waals surface area contributed by atoms with Crippen LogP contribution < -0.4 is 0 Å². The molecule has 0 amide bonds. The summed E-state index contributed by atoms with van der Waals surface area (Å²) in [5, 5.41) is 15.2. The quantitative estimate of drug-likeness (QED) is 0.754. The van der Waals surface area contributed by atoms with E-state index < -0.39 is 0 Å². The number of hydrogen-bond donors (Lipinski definition) is 1. The van der Waals surface area contributed by atoms with Gasteiger partial charge in [0.1, 0.15) is 6.61 Å². The molecular weight excluding hydrogens is 280 g/mol. The molecule has 0 bridgehead atoms. The van der Waals surface area contributed by atoms with E-state index in [4.69, 9.17) is 5.11 Å². The summed E-state index contributed by atoms with van der Waals surface area (Å²) in [6.45, 7) is 0.579. The van der Waals surface area contributed by atoms with Crippen LogP contribution in [0.5, 0.6) is 0 Å². The van der Waals surface area contributed by atoms with Crippen LogP contribution in [0.15, 0.2) is 54.2 Å². The Balaban J connectivity index is 1.81. The van der Waals surface area contributed by atoms with Crippen LogP contribution in [0, 0.1) is 11.8 Å². The Morgan fingerprint density at radius 2 is 2.00 bits per heavy atom. The lowest BCUT2D eigenvalue weighted by Gasteiger charge is -2.00. The van der Waals surface area contributed by atoms with Crippen molar-refractivity contribution in [1.82, 2.24) is 9.78 Å². The lowest BCUT2D eigenvalue weighted by atomic mass is 10.1. The van der Waals surface area contributed by atoms with Gasteiger partial charge in [-0.1, -0.05) is 42.2 Å². The van der Waals surface area contributed by atoms with Crippen LogP contribution in [-0.2, 0) is 6.54 Å². The maximum atomic E-state index is 8.79. The average molecular weight is 294 g/mol. The number of benzene rings is 1. The molecule has 21 heavy (non-hydrogen) atoms. The number of aliphatic hydroxyl groups excluding tert-OH is 1. The van der Waals surface area contributed by atoms with Crippen LogP contribution >= 0.6 is 11.3 Å². The summed E-state index contributed by atoms with van der Waals surface area (Å²) >= 11 is 1.65. The van der Waals surface area contributed by atoms with Crippen molar-refractivity contribution in [2.24, 2.45) is 0 Å². The number of nitrogens with zero attached hydrogens (tertiary/aromatic N) is 2. The van der Waals surface area contributed by atoms with Crippen molar-refractivity contribution in [3.8, 4) is 23.0 Å². The highest BCUT2D eigenvalue weighted by atomic mass is 32.1. The van der Waals surface area contributed by atoms with Crippen molar-refractivity contribution in [1.29, 1.82) is 0 Å². The summed E-state index contributed by atoms with van der Waals surface area (Å²) in [4.78, 5) is 1.15. The zero-order valence-corrected chi connectivity index (χ0v) is 12.2. The minimum Gasteiger partial charge on any atom is -0.384 e. The van der Waals surface area contributed by atoms with Gasteiger partial charge in [-0.15, -0.1) is 11.3 Å². The molecule has 0 unspecified atom stereocenters. The molecule has 1 N–H and O–H groups in total. The third kappa shape index (κ3) is 3.22. The molecule has 2 heterocycles. The first-order chi connectivity index (χ1) is 10.4. The van der Waals surface area contributed by atoms with Crippen molar-refractivity contribution in [2.75, 3.05) is 6.61 Å². The molecule has 0 aliphatic rings. The lowest BCUT2D eigenvalue weighted by molar-refractivity contribution is 0.350. The highest BCUT2D eigenvalue weighted by Crippen LogP contribution is 2.20. The summed E-state index contributed by atoms with van der Waals surface area (Å²) in [6, 6.07) is 12.2. The molecule has 0 aliphatic carbocycles. The van der Waals surface area contributed by atoms with Crippen molar-refractivity contribution >= 4 is 11.3 Å². The van der Waals surface area contributed by atoms with Gasteiger partial charge in [-0.25, -0.2) is 0 Å². The summed E-state index contributed by atoms with van der Waals surface area (Å²) in [5.41, 5.74) is 3.23. The fourth-order valence-electron chi connectivity index (χ4n) is 2.09. The first-order valence-corrected chi connectivity index (χ1v) is 7.49. The van der Waals surface area contributed by atoms with E-state index in [9.17, 15) is 0 Å². The van der Waals surface area contributed by atoms with Crippen LogP contribution in [0.4, 0.5) is 0 Å². The molecule has 0 fully saturated rings. The maximum Gasteiger partial charge on any atom is 0.104 e. The monoisotopic (exact) mass is 294 g/mol. The SMILES string of the molecule is OCC#Cc1ccsc1Cn1cc(-c2ccccc2)cn1. The summed E-state index contributed by atoms with van der Waals surface area (Å²) in [6.07, 6.45) is 3.92. The van der Waals surface area contributed by atoms with E-state index in [1.165, 1.54) is 0 Å². The molecule has 104 valence electrons. The zero-order valence-electron chi connectivity index (χ0n) is 11.4. The summed E-state index contributed by atoms with van der Waals surface area (Å²) in [7, 11) is 0. The van der Waals surface area contributed by atoms with E-state index in [2.05, 4.69) is 29.1 Å². The fourth-order valence-corrected chi connectivity index (χ4v) is 2.91. The smallest absolute Gasteiger partial charge is 0.104 e. The minimum atomic E-state index is -0.116. The molecule has 0 saturated carbocycles. The second-order valence-corrected chi connectivity index (χ2v) is 5.51. The van der Waals surface area contributed by atoms with E-state index in [-0.39, 0.29) is 6.61 Å². The molecule has 2 aromatic heterocycles. The number of thiophene rings is 1. The lowest BCUT2D eigenvalue weighted by Crippen LogP contribution is -1.99. The topological polar surface area (TPSA) is 38.0 Å². The molecule has 0 atom stereocenters. The predicted octanol–water partition coefficient (Wildman–Crippen LogP) is 3.00. The highest BCUT2D eigenvalue weighted by Gasteiger charge is 2.05. The van der Waals surface area contributed by atoms with Crippen LogP contribution in [-0.4, -0.2) is 21.5 Å². The predicted molar refractivity (Wildman–Crippen MR) is 85.0 cm³/mol. The van der Waals surface area contributed by atoms with E-state index in [1.54, 1.807) is 11.3 Å². The third-order valence-corrected chi connectivity index (χ3v) is 4.00. The molecule has 0 saturated heterocycles. The van der Waals surface area contributed by atoms with Crippen LogP contribution in [0.3, 0.4) is 0 Å². The fraction of sp³-hybridized carbons (Fsp3) is 0.118. The zero-order chi connectivity index (χ0) is 14.5. The summed E-state index contributed by atoms with van der Waals surface area (Å²) in [5.74, 6) is 5.66. The van der Waals surface area contributed by atoms with Gasteiger partial charge in [-0.05, 0) is 17.0 Å². The first-order valence-electron chi connectivity index (χ1n) is 6.61. The number of rotatable bonds is 3. The molecule has 0 spiro atoms. The Labute approximate surface area is 127 Å². The van der Waals surface area contributed by atoms with Gasteiger partial charge >= 0.3 is 0 Å². The second-order valence-electron chi connectivity index (χ2n) is 4.51. The minimum absolute atomic E-state index is 0.116. The van der Waals surface area contributed by atoms with Crippen molar-refractivity contribution < 1.29 is 5.11 Å². The maximum absolute atomic E-state index is 8.79. The molecule has 3 rings (SSSR count). The molecule has 3 aromatic rings. The van der Waals surface area contributed by atoms with Gasteiger partial charge in [0.15, 0.2) is 0 Å². The van der Waals surface area contributed by atoms with E-state index in [0.717, 1.165) is 21.6 Å². The van der Waals surface area contributed by atoms with Crippen molar-refractivity contribution in [3.05, 3.63) is 64.6 Å². The highest BCUT2D eigenvalue weighted by molar-refractivity contribution is 7.10. The Bertz CT molecular complexity index is 778. The Morgan fingerprint density at radius 1 is 1.14 bits per heavy atom. The standard InChI is InChI=1S/C17H14N2OS/c20-9-4-7-15-8-10-21-17(15)13-19-12-16(11-18-19)14-5-2-1-3-6-14/h1-3,5-6,8,10-12,20H,9,13H2. The molecular formula is C17H14N2OS. The van der Waals surface area contributed by atoms with E-state index >= 15 is 0 Å². The average Bonchev–Trinajstić information content (AvgIpc) is 3.16. The number of aliphatic hydroxyl groups is 1. The molecule has 1 aromatic carbocycles. The van der Waals surface area contributed by atoms with Crippen LogP contribution in [0.25, 0.3) is 11.1 Å². The molecule has 4 heteroatoms. The largest absolute Gasteiger partial charge is 0.384 e. The number of hydrogen-bond acceptors (Lipinski definition) is 3. The van der Waals surface area contributed by atoms with Gasteiger partial charge in [0, 0.05) is 22.2 Å². The van der Waals surface area contributed by atoms with Crippen molar-refractivity contribution in [2.45, 2.75) is 6.54 Å². The Kier molecular flexibility index (Phi) is 4.15. The second kappa shape index (κ2) is 6.40. The molecule has 0 radical (unpaired) electrons. The first kappa shape index (κ1) is 13.6. The molecule has 0 aliphatic heterocycles. The Morgan fingerprint density at radius 3 is 2.81 bits per heavy atom. The normalized spacial score (nSPS) is 10.1. The van der Waals surface area contributed by atoms with Crippen LogP contribution in [0.1, 0.15) is 10.4 Å². The van der Waals surface area contributed by atoms with E-state index in [1.807, 2.05) is 46.7 Å². The summed E-state index contributed by atoms with van der Waals surface area (Å²) < 4.78 is 1.91. The van der Waals surface area contributed by atoms with Gasteiger partial charge in [0.25, 0.3) is 0 Å². The molecule has 3 nitrogen and oxygen atoms in total. The Hall–Kier alpha value is -2.35. The van der Waals surface area contributed by atoms with Crippen molar-refractivity contribution in [3.63, 3.8) is 0 Å². The van der Waals surface area contributed by atoms with E-state index in [0.29, 0.717) is 6.54 Å². The van der Waals surface area contributed by atoms with Crippen LogP contribution in [0.2, 0.25) is 0 Å². The van der Waals surface area contributed by atoms with Gasteiger partial charge in [0.05, 0.1) is 12.7 Å². The van der Waals surface area contributed by atoms with Gasteiger partial charge < -0.3 is 5.11 Å². The van der Waals surface area contributed by atoms with Gasteiger partial charge in [-0.3, -0.25) is 4.68 Å². The third-order valence-electron chi connectivity index (χ3n) is 3.09. The number of aromatic nitrogens is 2. The van der Waals surface area contributed by atoms with Gasteiger partial charge in [-0.2, -0.15) is 5.10 Å².